The predicted octanol–water partition coefficient (Wildman–Crippen LogP) is 4.13. The normalized spacial score (nSPS) is 26.1. The van der Waals surface area contributed by atoms with Gasteiger partial charge in [0.05, 0.1) is 12.3 Å². The van der Waals surface area contributed by atoms with Gasteiger partial charge < -0.3 is 14.7 Å². The topological polar surface area (TPSA) is 45.6 Å². The molecule has 1 N–H and O–H groups in total. The van der Waals surface area contributed by atoms with Crippen molar-refractivity contribution in [1.82, 2.24) is 9.88 Å². The molecule has 27 heavy (non-hydrogen) atoms. The molecule has 2 heterocycles. The lowest BCUT2D eigenvalue weighted by atomic mass is 10.0. The van der Waals surface area contributed by atoms with Crippen LogP contribution in [0.4, 0.5) is 4.39 Å². The van der Waals surface area contributed by atoms with Gasteiger partial charge in [0, 0.05) is 25.3 Å². The number of halogens is 1. The third-order valence-electron chi connectivity index (χ3n) is 6.04. The molecule has 2 aliphatic rings. The van der Waals surface area contributed by atoms with Crippen LogP contribution < -0.4 is 4.74 Å². The summed E-state index contributed by atoms with van der Waals surface area (Å²) in [5.41, 5.74) is 1.94. The van der Waals surface area contributed by atoms with Crippen LogP contribution in [0.2, 0.25) is 0 Å². The van der Waals surface area contributed by atoms with Crippen molar-refractivity contribution in [3.8, 4) is 11.5 Å². The summed E-state index contributed by atoms with van der Waals surface area (Å²) in [4.78, 5) is 6.80. The number of aryl methyl sites for hydroxylation is 1. The summed E-state index contributed by atoms with van der Waals surface area (Å²) < 4.78 is 19.7. The fourth-order valence-electron chi connectivity index (χ4n) is 4.63. The minimum atomic E-state index is -0.539. The van der Waals surface area contributed by atoms with Crippen LogP contribution in [0.25, 0.3) is 0 Å². The number of phenols is 1. The highest BCUT2D eigenvalue weighted by Crippen LogP contribution is 2.40. The zero-order valence-electron chi connectivity index (χ0n) is 15.9. The molecule has 5 heteroatoms. The second kappa shape index (κ2) is 7.47. The van der Waals surface area contributed by atoms with Gasteiger partial charge in [0.15, 0.2) is 11.6 Å². The summed E-state index contributed by atoms with van der Waals surface area (Å²) in [6.07, 6.45) is 4.29. The minimum Gasteiger partial charge on any atom is -0.505 e. The summed E-state index contributed by atoms with van der Waals surface area (Å²) in [7, 11) is 0. The average molecular weight is 370 g/mol. The van der Waals surface area contributed by atoms with E-state index in [1.807, 2.05) is 31.3 Å². The van der Waals surface area contributed by atoms with E-state index in [4.69, 9.17) is 4.74 Å². The SMILES string of the molecule is Cc1ccc(OC2C[C@@H]3CN(CC(C)c4ccc(O)c(F)c4)C[C@@H]3C2)cn1. The average Bonchev–Trinajstić information content (AvgIpc) is 3.17. The van der Waals surface area contributed by atoms with Gasteiger partial charge in [0.25, 0.3) is 0 Å². The molecule has 0 amide bonds. The van der Waals surface area contributed by atoms with Crippen LogP contribution in [0, 0.1) is 24.6 Å². The Morgan fingerprint density at radius 2 is 1.96 bits per heavy atom. The molecule has 0 spiro atoms. The van der Waals surface area contributed by atoms with Gasteiger partial charge in [0.1, 0.15) is 5.75 Å². The maximum absolute atomic E-state index is 13.6. The van der Waals surface area contributed by atoms with E-state index in [0.717, 1.165) is 49.5 Å². The van der Waals surface area contributed by atoms with Crippen molar-refractivity contribution in [2.24, 2.45) is 11.8 Å². The molecule has 2 aromatic rings. The Morgan fingerprint density at radius 1 is 1.22 bits per heavy atom. The van der Waals surface area contributed by atoms with Crippen molar-refractivity contribution in [2.75, 3.05) is 19.6 Å². The van der Waals surface area contributed by atoms with Crippen molar-refractivity contribution in [3.63, 3.8) is 0 Å². The molecule has 1 saturated heterocycles. The molecule has 4 atom stereocenters. The Labute approximate surface area is 160 Å². The number of aromatic hydroxyl groups is 1. The molecular formula is C22H27FN2O2. The third-order valence-corrected chi connectivity index (χ3v) is 6.04. The first kappa shape index (κ1) is 18.2. The second-order valence-corrected chi connectivity index (χ2v) is 8.20. The molecule has 1 aromatic heterocycles. The van der Waals surface area contributed by atoms with Crippen LogP contribution in [-0.4, -0.2) is 40.7 Å². The molecule has 1 aliphatic carbocycles. The number of hydrogen-bond acceptors (Lipinski definition) is 4. The molecule has 0 radical (unpaired) electrons. The van der Waals surface area contributed by atoms with Crippen LogP contribution in [0.3, 0.4) is 0 Å². The second-order valence-electron chi connectivity index (χ2n) is 8.20. The zero-order valence-corrected chi connectivity index (χ0v) is 15.9. The Morgan fingerprint density at radius 3 is 2.59 bits per heavy atom. The Bertz CT molecular complexity index is 781. The molecule has 0 bridgehead atoms. The minimum absolute atomic E-state index is 0.240. The lowest BCUT2D eigenvalue weighted by Gasteiger charge is -2.23. The molecule has 4 nitrogen and oxygen atoms in total. The van der Waals surface area contributed by atoms with Crippen LogP contribution in [0.15, 0.2) is 36.5 Å². The molecule has 1 aliphatic heterocycles. The Hall–Kier alpha value is -2.14. The lowest BCUT2D eigenvalue weighted by molar-refractivity contribution is 0.183. The van der Waals surface area contributed by atoms with Crippen molar-refractivity contribution in [3.05, 3.63) is 53.6 Å². The van der Waals surface area contributed by atoms with Crippen LogP contribution in [0.1, 0.15) is 36.9 Å². The molecule has 1 aromatic carbocycles. The van der Waals surface area contributed by atoms with Gasteiger partial charge in [-0.3, -0.25) is 4.98 Å². The lowest BCUT2D eigenvalue weighted by Crippen LogP contribution is -2.28. The maximum atomic E-state index is 13.6. The summed E-state index contributed by atoms with van der Waals surface area (Å²) in [6.45, 7) is 7.19. The monoisotopic (exact) mass is 370 g/mol. The largest absolute Gasteiger partial charge is 0.505 e. The molecular weight excluding hydrogens is 343 g/mol. The predicted molar refractivity (Wildman–Crippen MR) is 103 cm³/mol. The van der Waals surface area contributed by atoms with E-state index in [0.29, 0.717) is 11.8 Å². The number of likely N-dealkylation sites (tertiary alicyclic amines) is 1. The molecule has 1 saturated carbocycles. The van der Waals surface area contributed by atoms with Gasteiger partial charge in [-0.1, -0.05) is 13.0 Å². The zero-order chi connectivity index (χ0) is 19.0. The molecule has 2 fully saturated rings. The van der Waals surface area contributed by atoms with E-state index in [2.05, 4.69) is 16.8 Å². The number of ether oxygens (including phenoxy) is 1. The van der Waals surface area contributed by atoms with Gasteiger partial charge in [-0.05, 0) is 67.3 Å². The van der Waals surface area contributed by atoms with Gasteiger partial charge in [-0.25, -0.2) is 4.39 Å². The highest BCUT2D eigenvalue weighted by Gasteiger charge is 2.42. The first-order valence-electron chi connectivity index (χ1n) is 9.78. The number of aromatic nitrogens is 1. The van der Waals surface area contributed by atoms with E-state index in [9.17, 15) is 9.50 Å². The van der Waals surface area contributed by atoms with Crippen LogP contribution >= 0.6 is 0 Å². The maximum Gasteiger partial charge on any atom is 0.165 e. The number of rotatable bonds is 5. The number of fused-ring (bicyclic) bond motifs is 1. The van der Waals surface area contributed by atoms with E-state index < -0.39 is 5.82 Å². The van der Waals surface area contributed by atoms with E-state index in [1.54, 1.807) is 0 Å². The summed E-state index contributed by atoms with van der Waals surface area (Å²) in [6, 6.07) is 8.71. The summed E-state index contributed by atoms with van der Waals surface area (Å²) in [5.74, 6) is 1.64. The number of nitrogens with zero attached hydrogens (tertiary/aromatic N) is 2. The smallest absolute Gasteiger partial charge is 0.165 e. The molecule has 4 rings (SSSR count). The van der Waals surface area contributed by atoms with E-state index >= 15 is 0 Å². The highest BCUT2D eigenvalue weighted by molar-refractivity contribution is 5.30. The van der Waals surface area contributed by atoms with Crippen LogP contribution in [-0.2, 0) is 0 Å². The first-order chi connectivity index (χ1) is 13.0. The van der Waals surface area contributed by atoms with E-state index in [-0.39, 0.29) is 17.8 Å². The third kappa shape index (κ3) is 4.08. The standard InChI is InChI=1S/C22H27FN2O2/c1-14(16-4-6-22(26)21(23)9-16)11-25-12-17-7-20(8-18(17)13-25)27-19-5-3-15(2)24-10-19/h3-6,9-10,14,17-18,20,26H,7-8,11-13H2,1-2H3/t14?,17-,18+,20?. The van der Waals surface area contributed by atoms with Crippen molar-refractivity contribution in [1.29, 1.82) is 0 Å². The number of pyridine rings is 1. The number of hydrogen-bond donors (Lipinski definition) is 1. The van der Waals surface area contributed by atoms with Crippen molar-refractivity contribution >= 4 is 0 Å². The first-order valence-corrected chi connectivity index (χ1v) is 9.78. The van der Waals surface area contributed by atoms with Crippen LogP contribution in [0.5, 0.6) is 11.5 Å². The molecule has 144 valence electrons. The van der Waals surface area contributed by atoms with Gasteiger partial charge in [0.2, 0.25) is 0 Å². The molecule has 2 unspecified atom stereocenters. The number of phenolic OH excluding ortho intramolecular Hbond substituents is 1. The Kier molecular flexibility index (Phi) is 5.04. The fraction of sp³-hybridized carbons (Fsp3) is 0.500. The van der Waals surface area contributed by atoms with Crippen molar-refractivity contribution in [2.45, 2.75) is 38.7 Å². The Balaban J connectivity index is 1.29. The van der Waals surface area contributed by atoms with Gasteiger partial charge in [-0.15, -0.1) is 0 Å². The number of benzene rings is 1. The van der Waals surface area contributed by atoms with Gasteiger partial charge >= 0.3 is 0 Å². The fourth-order valence-corrected chi connectivity index (χ4v) is 4.63. The quantitative estimate of drug-likeness (QED) is 0.860. The van der Waals surface area contributed by atoms with E-state index in [1.165, 1.54) is 12.1 Å². The highest BCUT2D eigenvalue weighted by atomic mass is 19.1. The summed E-state index contributed by atoms with van der Waals surface area (Å²) in [5, 5.41) is 9.36. The summed E-state index contributed by atoms with van der Waals surface area (Å²) >= 11 is 0. The van der Waals surface area contributed by atoms with Crippen molar-refractivity contribution < 1.29 is 14.2 Å². The van der Waals surface area contributed by atoms with Gasteiger partial charge in [-0.2, -0.15) is 0 Å².